The van der Waals surface area contributed by atoms with Gasteiger partial charge in [-0.05, 0) is 47.2 Å². The van der Waals surface area contributed by atoms with Crippen LogP contribution in [0.4, 0.5) is 0 Å². The molecule has 0 amide bonds. The number of hydrogen-bond acceptors (Lipinski definition) is 2. The van der Waals surface area contributed by atoms with Crippen LogP contribution in [0.15, 0.2) is 41.1 Å². The lowest BCUT2D eigenvalue weighted by molar-refractivity contribution is 0.167. The first-order valence-electron chi connectivity index (χ1n) is 5.52. The molecule has 2 heteroatoms. The summed E-state index contributed by atoms with van der Waals surface area (Å²) >= 11 is 1.66. The second kappa shape index (κ2) is 5.28. The zero-order chi connectivity index (χ0) is 11.4. The predicted molar refractivity (Wildman–Crippen MR) is 68.8 cm³/mol. The van der Waals surface area contributed by atoms with Crippen molar-refractivity contribution in [3.63, 3.8) is 0 Å². The zero-order valence-corrected chi connectivity index (χ0v) is 10.2. The normalized spacial score (nSPS) is 12.6. The predicted octanol–water partition coefficient (Wildman–Crippen LogP) is 3.72. The summed E-state index contributed by atoms with van der Waals surface area (Å²) in [5, 5.41) is 14.2. The van der Waals surface area contributed by atoms with E-state index in [4.69, 9.17) is 0 Å². The first-order valence-corrected chi connectivity index (χ1v) is 6.46. The molecule has 84 valence electrons. The molecule has 0 spiro atoms. The van der Waals surface area contributed by atoms with Gasteiger partial charge in [-0.3, -0.25) is 0 Å². The number of aryl methyl sites for hydroxylation is 2. The van der Waals surface area contributed by atoms with E-state index in [1.807, 2.05) is 23.6 Å². The third-order valence-electron chi connectivity index (χ3n) is 2.80. The summed E-state index contributed by atoms with van der Waals surface area (Å²) in [6, 6.07) is 10.3. The topological polar surface area (TPSA) is 20.2 Å². The fourth-order valence-electron chi connectivity index (χ4n) is 1.82. The molecule has 1 nitrogen and oxygen atoms in total. The fourth-order valence-corrected chi connectivity index (χ4v) is 2.71. The molecule has 0 aliphatic rings. The van der Waals surface area contributed by atoms with Crippen LogP contribution in [0.25, 0.3) is 0 Å². The molecule has 0 saturated heterocycles. The van der Waals surface area contributed by atoms with Gasteiger partial charge in [0, 0.05) is 0 Å². The Morgan fingerprint density at radius 3 is 2.56 bits per heavy atom. The lowest BCUT2D eigenvalue weighted by Gasteiger charge is -2.10. The van der Waals surface area contributed by atoms with E-state index in [0.29, 0.717) is 0 Å². The lowest BCUT2D eigenvalue weighted by Crippen LogP contribution is -1.99. The van der Waals surface area contributed by atoms with E-state index >= 15 is 0 Å². The summed E-state index contributed by atoms with van der Waals surface area (Å²) in [7, 11) is 0. The Labute approximate surface area is 100 Å². The SMILES string of the molecule is Cc1cscc1C(O)CCc1ccccc1. The summed E-state index contributed by atoms with van der Waals surface area (Å²) < 4.78 is 0. The third kappa shape index (κ3) is 2.71. The van der Waals surface area contributed by atoms with Gasteiger partial charge < -0.3 is 5.11 Å². The molecule has 0 fully saturated rings. The highest BCUT2D eigenvalue weighted by Gasteiger charge is 2.10. The molecule has 16 heavy (non-hydrogen) atoms. The third-order valence-corrected chi connectivity index (χ3v) is 3.68. The molecule has 1 aromatic carbocycles. The molecule has 0 aliphatic heterocycles. The van der Waals surface area contributed by atoms with Crippen molar-refractivity contribution in [2.45, 2.75) is 25.9 Å². The van der Waals surface area contributed by atoms with Crippen LogP contribution in [0.2, 0.25) is 0 Å². The molecular weight excluding hydrogens is 216 g/mol. The standard InChI is InChI=1S/C14H16OS/c1-11-9-16-10-13(11)14(15)8-7-12-5-3-2-4-6-12/h2-6,9-10,14-15H,7-8H2,1H3. The summed E-state index contributed by atoms with van der Waals surface area (Å²) in [6.07, 6.45) is 1.39. The van der Waals surface area contributed by atoms with Crippen molar-refractivity contribution in [3.05, 3.63) is 57.8 Å². The van der Waals surface area contributed by atoms with E-state index in [1.165, 1.54) is 11.1 Å². The minimum Gasteiger partial charge on any atom is -0.388 e. The second-order valence-corrected chi connectivity index (χ2v) is 4.79. The quantitative estimate of drug-likeness (QED) is 0.851. The van der Waals surface area contributed by atoms with Crippen molar-refractivity contribution in [2.24, 2.45) is 0 Å². The van der Waals surface area contributed by atoms with Gasteiger partial charge in [0.25, 0.3) is 0 Å². The van der Waals surface area contributed by atoms with Crippen LogP contribution in [0, 0.1) is 6.92 Å². The monoisotopic (exact) mass is 232 g/mol. The van der Waals surface area contributed by atoms with E-state index in [2.05, 4.69) is 24.4 Å². The smallest absolute Gasteiger partial charge is 0.0803 e. The molecule has 1 N–H and O–H groups in total. The Balaban J connectivity index is 1.94. The summed E-state index contributed by atoms with van der Waals surface area (Å²) in [5.74, 6) is 0. The molecule has 0 aliphatic carbocycles. The molecule has 1 heterocycles. The summed E-state index contributed by atoms with van der Waals surface area (Å²) in [5.41, 5.74) is 3.57. The van der Waals surface area contributed by atoms with E-state index < -0.39 is 0 Å². The van der Waals surface area contributed by atoms with Gasteiger partial charge in [-0.15, -0.1) is 0 Å². The van der Waals surface area contributed by atoms with Crippen LogP contribution in [0.1, 0.15) is 29.2 Å². The van der Waals surface area contributed by atoms with Gasteiger partial charge in [-0.25, -0.2) is 0 Å². The van der Waals surface area contributed by atoms with Crippen molar-refractivity contribution in [1.29, 1.82) is 0 Å². The molecule has 1 unspecified atom stereocenters. The number of benzene rings is 1. The highest BCUT2D eigenvalue weighted by atomic mass is 32.1. The van der Waals surface area contributed by atoms with Crippen LogP contribution in [0.3, 0.4) is 0 Å². The maximum absolute atomic E-state index is 10.1. The first kappa shape index (κ1) is 11.4. The molecule has 1 atom stereocenters. The molecule has 0 bridgehead atoms. The van der Waals surface area contributed by atoms with Gasteiger partial charge in [-0.1, -0.05) is 30.3 Å². The minimum absolute atomic E-state index is 0.327. The van der Waals surface area contributed by atoms with E-state index in [9.17, 15) is 5.11 Å². The highest BCUT2D eigenvalue weighted by molar-refractivity contribution is 7.08. The molecule has 1 aromatic heterocycles. The van der Waals surface area contributed by atoms with Crippen LogP contribution in [-0.2, 0) is 6.42 Å². The van der Waals surface area contributed by atoms with E-state index in [0.717, 1.165) is 18.4 Å². The molecule has 2 rings (SSSR count). The van der Waals surface area contributed by atoms with Crippen molar-refractivity contribution in [2.75, 3.05) is 0 Å². The molecule has 2 aromatic rings. The number of rotatable bonds is 4. The minimum atomic E-state index is -0.327. The summed E-state index contributed by atoms with van der Waals surface area (Å²) in [4.78, 5) is 0. The van der Waals surface area contributed by atoms with E-state index in [-0.39, 0.29) is 6.10 Å². The van der Waals surface area contributed by atoms with Gasteiger partial charge in [-0.2, -0.15) is 11.3 Å². The Morgan fingerprint density at radius 1 is 1.19 bits per heavy atom. The van der Waals surface area contributed by atoms with Crippen molar-refractivity contribution >= 4 is 11.3 Å². The Kier molecular flexibility index (Phi) is 3.75. The Hall–Kier alpha value is -1.12. The first-order chi connectivity index (χ1) is 7.77. The molecule has 0 saturated carbocycles. The highest BCUT2D eigenvalue weighted by Crippen LogP contribution is 2.25. The lowest BCUT2D eigenvalue weighted by atomic mass is 10.0. The number of aliphatic hydroxyl groups excluding tert-OH is 1. The van der Waals surface area contributed by atoms with Gasteiger partial charge in [0.05, 0.1) is 6.10 Å². The second-order valence-electron chi connectivity index (χ2n) is 4.05. The van der Waals surface area contributed by atoms with Crippen LogP contribution in [0.5, 0.6) is 0 Å². The van der Waals surface area contributed by atoms with Crippen LogP contribution >= 0.6 is 11.3 Å². The van der Waals surface area contributed by atoms with Gasteiger partial charge in [0.1, 0.15) is 0 Å². The number of aliphatic hydroxyl groups is 1. The number of hydrogen-bond donors (Lipinski definition) is 1. The maximum Gasteiger partial charge on any atom is 0.0803 e. The maximum atomic E-state index is 10.1. The largest absolute Gasteiger partial charge is 0.388 e. The Bertz CT molecular complexity index is 433. The Morgan fingerprint density at radius 2 is 1.94 bits per heavy atom. The average molecular weight is 232 g/mol. The van der Waals surface area contributed by atoms with Gasteiger partial charge in [0.15, 0.2) is 0 Å². The van der Waals surface area contributed by atoms with Crippen molar-refractivity contribution < 1.29 is 5.11 Å². The fraction of sp³-hybridized carbons (Fsp3) is 0.286. The summed E-state index contributed by atoms with van der Waals surface area (Å²) in [6.45, 7) is 2.05. The van der Waals surface area contributed by atoms with Crippen molar-refractivity contribution in [3.8, 4) is 0 Å². The van der Waals surface area contributed by atoms with Crippen LogP contribution in [-0.4, -0.2) is 5.11 Å². The number of thiophene rings is 1. The van der Waals surface area contributed by atoms with Crippen LogP contribution < -0.4 is 0 Å². The van der Waals surface area contributed by atoms with Crippen molar-refractivity contribution in [1.82, 2.24) is 0 Å². The molecule has 0 radical (unpaired) electrons. The van der Waals surface area contributed by atoms with E-state index in [1.54, 1.807) is 11.3 Å². The zero-order valence-electron chi connectivity index (χ0n) is 9.39. The van der Waals surface area contributed by atoms with Gasteiger partial charge >= 0.3 is 0 Å². The van der Waals surface area contributed by atoms with Gasteiger partial charge in [0.2, 0.25) is 0 Å². The average Bonchev–Trinajstić information content (AvgIpc) is 2.74. The molecular formula is C14H16OS.